The lowest BCUT2D eigenvalue weighted by molar-refractivity contribution is -0.160. The molecule has 36 heavy (non-hydrogen) atoms. The highest BCUT2D eigenvalue weighted by molar-refractivity contribution is 5.78. The number of carbonyl (C=O) groups is 3. The van der Waals surface area contributed by atoms with E-state index in [1.54, 1.807) is 49.9 Å². The van der Waals surface area contributed by atoms with Crippen molar-refractivity contribution in [2.24, 2.45) is 10.8 Å². The summed E-state index contributed by atoms with van der Waals surface area (Å²) in [5.74, 6) is 0.421. The van der Waals surface area contributed by atoms with E-state index in [-0.39, 0.29) is 24.6 Å². The maximum atomic E-state index is 12.5. The molecule has 0 unspecified atom stereocenters. The molecule has 1 aromatic carbocycles. The van der Waals surface area contributed by atoms with Crippen LogP contribution in [-0.2, 0) is 19.1 Å². The molecule has 1 atom stereocenters. The van der Waals surface area contributed by atoms with E-state index in [9.17, 15) is 14.4 Å². The number of amides is 2. The summed E-state index contributed by atoms with van der Waals surface area (Å²) < 4.78 is 22.3. The largest absolute Gasteiger partial charge is 0.490 e. The van der Waals surface area contributed by atoms with Crippen LogP contribution in [0, 0.1) is 10.8 Å². The van der Waals surface area contributed by atoms with Crippen LogP contribution in [0.15, 0.2) is 24.3 Å². The van der Waals surface area contributed by atoms with E-state index < -0.39 is 16.9 Å². The first kappa shape index (κ1) is 29.4. The van der Waals surface area contributed by atoms with Gasteiger partial charge in [-0.25, -0.2) is 4.79 Å². The molecule has 1 aliphatic heterocycles. The third-order valence-corrected chi connectivity index (χ3v) is 5.50. The monoisotopic (exact) mass is 506 g/mol. The van der Waals surface area contributed by atoms with Gasteiger partial charge in [-0.3, -0.25) is 9.59 Å². The summed E-state index contributed by atoms with van der Waals surface area (Å²) in [6.45, 7) is 13.9. The van der Waals surface area contributed by atoms with Gasteiger partial charge in [0.05, 0.1) is 24.0 Å². The molecule has 1 heterocycles. The number of ether oxygens (including phenoxy) is 4. The van der Waals surface area contributed by atoms with Crippen LogP contribution in [0.2, 0.25) is 0 Å². The van der Waals surface area contributed by atoms with Gasteiger partial charge >= 0.3 is 18.0 Å². The number of urea groups is 1. The van der Waals surface area contributed by atoms with Crippen molar-refractivity contribution in [3.63, 3.8) is 0 Å². The van der Waals surface area contributed by atoms with Gasteiger partial charge in [0, 0.05) is 19.6 Å². The van der Waals surface area contributed by atoms with E-state index in [1.807, 2.05) is 20.8 Å². The number of hydrogen-bond acceptors (Lipinski definition) is 7. The van der Waals surface area contributed by atoms with Gasteiger partial charge < -0.3 is 29.2 Å². The van der Waals surface area contributed by atoms with Crippen LogP contribution in [0.5, 0.6) is 11.5 Å². The van der Waals surface area contributed by atoms with Crippen molar-refractivity contribution in [3.8, 4) is 11.5 Å². The number of carbonyl (C=O) groups excluding carboxylic acids is 3. The fourth-order valence-corrected chi connectivity index (χ4v) is 3.13. The van der Waals surface area contributed by atoms with Crippen molar-refractivity contribution >= 4 is 18.0 Å². The molecule has 0 aliphatic carbocycles. The van der Waals surface area contributed by atoms with Crippen molar-refractivity contribution in [2.45, 2.75) is 66.9 Å². The number of nitrogens with one attached hydrogen (secondary N) is 1. The third-order valence-electron chi connectivity index (χ3n) is 5.50. The SMILES string of the molecule is CC(C)(C)C(=O)Oc1ccc(OC[C@H](CCCCNC(=O)N2CCOCC2)OC(=O)C(C)(C)C)cc1. The lowest BCUT2D eigenvalue weighted by Crippen LogP contribution is -2.46. The van der Waals surface area contributed by atoms with Gasteiger partial charge in [-0.2, -0.15) is 0 Å². The van der Waals surface area contributed by atoms with Crippen LogP contribution in [0.25, 0.3) is 0 Å². The van der Waals surface area contributed by atoms with E-state index in [4.69, 9.17) is 18.9 Å². The normalized spacial score (nSPS) is 15.1. The van der Waals surface area contributed by atoms with Gasteiger partial charge in [-0.1, -0.05) is 0 Å². The Labute approximate surface area is 214 Å². The average molecular weight is 507 g/mol. The summed E-state index contributed by atoms with van der Waals surface area (Å²) in [7, 11) is 0. The molecule has 1 saturated heterocycles. The molecule has 202 valence electrons. The molecule has 0 spiro atoms. The zero-order valence-corrected chi connectivity index (χ0v) is 22.6. The minimum atomic E-state index is -0.622. The van der Waals surface area contributed by atoms with Crippen LogP contribution in [0.4, 0.5) is 4.79 Å². The van der Waals surface area contributed by atoms with Gasteiger partial charge in [0.25, 0.3) is 0 Å². The molecule has 0 radical (unpaired) electrons. The van der Waals surface area contributed by atoms with Gasteiger partial charge in [0.1, 0.15) is 24.2 Å². The lowest BCUT2D eigenvalue weighted by Gasteiger charge is -2.27. The molecule has 2 rings (SSSR count). The van der Waals surface area contributed by atoms with Crippen LogP contribution in [0.3, 0.4) is 0 Å². The summed E-state index contributed by atoms with van der Waals surface area (Å²) in [6.07, 6.45) is 1.70. The molecule has 9 nitrogen and oxygen atoms in total. The maximum Gasteiger partial charge on any atom is 0.317 e. The second kappa shape index (κ2) is 13.5. The molecule has 0 bridgehead atoms. The van der Waals surface area contributed by atoms with Crippen LogP contribution < -0.4 is 14.8 Å². The fraction of sp³-hybridized carbons (Fsp3) is 0.667. The summed E-state index contributed by atoms with van der Waals surface area (Å²) in [4.78, 5) is 38.5. The third kappa shape index (κ3) is 10.4. The summed E-state index contributed by atoms with van der Waals surface area (Å²) in [5, 5.41) is 2.93. The molecule has 1 aromatic rings. The van der Waals surface area contributed by atoms with Crippen molar-refractivity contribution in [1.82, 2.24) is 10.2 Å². The maximum absolute atomic E-state index is 12.5. The van der Waals surface area contributed by atoms with Gasteiger partial charge in [0.2, 0.25) is 0 Å². The summed E-state index contributed by atoms with van der Waals surface area (Å²) in [5.41, 5.74) is -1.21. The van der Waals surface area contributed by atoms with Crippen molar-refractivity contribution in [1.29, 1.82) is 0 Å². The number of unbranched alkanes of at least 4 members (excludes halogenated alkanes) is 1. The van der Waals surface area contributed by atoms with Crippen molar-refractivity contribution in [3.05, 3.63) is 24.3 Å². The smallest absolute Gasteiger partial charge is 0.317 e. The molecule has 0 saturated carbocycles. The Kier molecular flexibility index (Phi) is 11.0. The highest BCUT2D eigenvalue weighted by Gasteiger charge is 2.27. The number of morpholine rings is 1. The Bertz CT molecular complexity index is 850. The topological polar surface area (TPSA) is 103 Å². The highest BCUT2D eigenvalue weighted by Crippen LogP contribution is 2.23. The molecular formula is C27H42N2O7. The zero-order chi connectivity index (χ0) is 26.8. The predicted molar refractivity (Wildman–Crippen MR) is 136 cm³/mol. The highest BCUT2D eigenvalue weighted by atomic mass is 16.6. The first-order valence-electron chi connectivity index (χ1n) is 12.6. The minimum absolute atomic E-state index is 0.0750. The van der Waals surface area contributed by atoms with E-state index in [1.165, 1.54) is 0 Å². The van der Waals surface area contributed by atoms with Crippen LogP contribution in [-0.4, -0.2) is 68.4 Å². The first-order valence-corrected chi connectivity index (χ1v) is 12.6. The Morgan fingerprint density at radius 3 is 2.08 bits per heavy atom. The summed E-state index contributed by atoms with van der Waals surface area (Å²) >= 11 is 0. The lowest BCUT2D eigenvalue weighted by atomic mass is 9.97. The van der Waals surface area contributed by atoms with E-state index in [0.717, 1.165) is 12.8 Å². The van der Waals surface area contributed by atoms with Crippen LogP contribution in [0.1, 0.15) is 60.8 Å². The molecule has 0 aromatic heterocycles. The van der Waals surface area contributed by atoms with Gasteiger partial charge in [-0.05, 0) is 85.1 Å². The second-order valence-corrected chi connectivity index (χ2v) is 11.0. The fourth-order valence-electron chi connectivity index (χ4n) is 3.13. The summed E-state index contributed by atoms with van der Waals surface area (Å²) in [6, 6.07) is 6.71. The Morgan fingerprint density at radius 1 is 0.917 bits per heavy atom. The van der Waals surface area contributed by atoms with Crippen molar-refractivity contribution in [2.75, 3.05) is 39.5 Å². The molecule has 1 aliphatic rings. The number of hydrogen-bond donors (Lipinski definition) is 1. The Balaban J connectivity index is 1.83. The van der Waals surface area contributed by atoms with Gasteiger partial charge in [0.15, 0.2) is 0 Å². The number of benzene rings is 1. The molecule has 2 amide bonds. The molecule has 1 N–H and O–H groups in total. The second-order valence-electron chi connectivity index (χ2n) is 11.0. The van der Waals surface area contributed by atoms with Gasteiger partial charge in [-0.15, -0.1) is 0 Å². The molecule has 9 heteroatoms. The first-order chi connectivity index (χ1) is 16.9. The van der Waals surface area contributed by atoms with Crippen molar-refractivity contribution < 1.29 is 33.3 Å². The molecular weight excluding hydrogens is 464 g/mol. The molecule has 1 fully saturated rings. The van der Waals surface area contributed by atoms with Crippen LogP contribution >= 0.6 is 0 Å². The standard InChI is InChI=1S/C27H42N2O7/c1-26(2,3)23(30)35-21-12-10-20(11-13-21)34-19-22(36-24(31)27(4,5)6)9-7-8-14-28-25(32)29-15-17-33-18-16-29/h10-13,22H,7-9,14-19H2,1-6H3,(H,28,32)/t22-/m0/s1. The number of nitrogens with zero attached hydrogens (tertiary/aromatic N) is 1. The Hall–Kier alpha value is -2.81. The van der Waals surface area contributed by atoms with E-state index in [2.05, 4.69) is 5.32 Å². The Morgan fingerprint density at radius 2 is 1.50 bits per heavy atom. The zero-order valence-electron chi connectivity index (χ0n) is 22.6. The average Bonchev–Trinajstić information content (AvgIpc) is 2.82. The number of esters is 2. The quantitative estimate of drug-likeness (QED) is 0.288. The number of rotatable bonds is 10. The predicted octanol–water partition coefficient (Wildman–Crippen LogP) is 4.19. The minimum Gasteiger partial charge on any atom is -0.490 e. The van der Waals surface area contributed by atoms with E-state index >= 15 is 0 Å². The van der Waals surface area contributed by atoms with E-state index in [0.29, 0.717) is 50.8 Å².